The molecule has 15 heavy (non-hydrogen) atoms. The smallest absolute Gasteiger partial charge is 0.371 e. The first-order valence-corrected chi connectivity index (χ1v) is 4.89. The Balaban J connectivity index is 2.31. The maximum Gasteiger partial charge on any atom is 0.371 e. The van der Waals surface area contributed by atoms with Gasteiger partial charge in [-0.05, 0) is 12.1 Å². The van der Waals surface area contributed by atoms with Crippen LogP contribution >= 0.6 is 11.3 Å². The van der Waals surface area contributed by atoms with Gasteiger partial charge in [-0.2, -0.15) is 0 Å². The lowest BCUT2D eigenvalue weighted by Gasteiger charge is -1.90. The molecule has 2 rings (SSSR count). The van der Waals surface area contributed by atoms with Crippen LogP contribution in [0.5, 0.6) is 0 Å². The zero-order valence-electron chi connectivity index (χ0n) is 7.34. The summed E-state index contributed by atoms with van der Waals surface area (Å²) >= 11 is 1.29. The van der Waals surface area contributed by atoms with Gasteiger partial charge in [0.05, 0.1) is 5.51 Å². The normalized spacial score (nSPS) is 10.1. The van der Waals surface area contributed by atoms with Crippen LogP contribution in [0.25, 0.3) is 0 Å². The van der Waals surface area contributed by atoms with Crippen LogP contribution in [0.1, 0.15) is 26.8 Å². The van der Waals surface area contributed by atoms with E-state index >= 15 is 0 Å². The van der Waals surface area contributed by atoms with Gasteiger partial charge in [-0.3, -0.25) is 4.79 Å². The van der Waals surface area contributed by atoms with Gasteiger partial charge in [0.25, 0.3) is 0 Å². The Bertz CT molecular complexity index is 500. The number of hydrogen-bond acceptors (Lipinski definition) is 5. The number of furan rings is 1. The van der Waals surface area contributed by atoms with Crippen LogP contribution in [0, 0.1) is 0 Å². The number of rotatable bonds is 3. The van der Waals surface area contributed by atoms with Crippen LogP contribution in [0.2, 0.25) is 0 Å². The van der Waals surface area contributed by atoms with Gasteiger partial charge in [0.2, 0.25) is 11.5 Å². The molecule has 2 aromatic rings. The van der Waals surface area contributed by atoms with Crippen LogP contribution in [0.3, 0.4) is 0 Å². The molecule has 0 spiro atoms. The quantitative estimate of drug-likeness (QED) is 0.800. The van der Waals surface area contributed by atoms with E-state index in [4.69, 9.17) is 9.52 Å². The monoisotopic (exact) mass is 223 g/mol. The van der Waals surface area contributed by atoms with Gasteiger partial charge in [-0.15, -0.1) is 11.3 Å². The fourth-order valence-corrected chi connectivity index (χ4v) is 1.56. The minimum atomic E-state index is -1.20. The van der Waals surface area contributed by atoms with Gasteiger partial charge >= 0.3 is 5.97 Å². The molecule has 2 heterocycles. The second-order valence-electron chi connectivity index (χ2n) is 2.67. The number of aromatic carboxylic acids is 1. The van der Waals surface area contributed by atoms with Gasteiger partial charge in [-0.25, -0.2) is 9.78 Å². The molecule has 0 saturated heterocycles. The molecule has 2 aromatic heterocycles. The highest BCUT2D eigenvalue weighted by Crippen LogP contribution is 2.13. The number of hydrogen-bond donors (Lipinski definition) is 1. The predicted molar refractivity (Wildman–Crippen MR) is 51.2 cm³/mol. The van der Waals surface area contributed by atoms with Crippen molar-refractivity contribution in [1.29, 1.82) is 0 Å². The number of ketones is 1. The Morgan fingerprint density at radius 1 is 1.33 bits per heavy atom. The molecular formula is C9H5NO4S. The Morgan fingerprint density at radius 2 is 2.07 bits per heavy atom. The van der Waals surface area contributed by atoms with Crippen molar-refractivity contribution in [3.8, 4) is 0 Å². The minimum Gasteiger partial charge on any atom is -0.475 e. The van der Waals surface area contributed by atoms with E-state index in [0.29, 0.717) is 0 Å². The highest BCUT2D eigenvalue weighted by Gasteiger charge is 2.17. The van der Waals surface area contributed by atoms with E-state index in [2.05, 4.69) is 4.98 Å². The van der Waals surface area contributed by atoms with E-state index in [0.717, 1.165) is 0 Å². The molecule has 1 N–H and O–H groups in total. The van der Waals surface area contributed by atoms with E-state index in [1.807, 2.05) is 0 Å². The third-order valence-electron chi connectivity index (χ3n) is 1.71. The predicted octanol–water partition coefficient (Wildman–Crippen LogP) is 1.67. The van der Waals surface area contributed by atoms with Crippen molar-refractivity contribution < 1.29 is 19.1 Å². The third kappa shape index (κ3) is 1.79. The first-order valence-electron chi connectivity index (χ1n) is 3.94. The molecule has 0 aliphatic rings. The zero-order chi connectivity index (χ0) is 10.8. The fraction of sp³-hybridized carbons (Fsp3) is 0. The summed E-state index contributed by atoms with van der Waals surface area (Å²) < 4.78 is 4.85. The minimum absolute atomic E-state index is 0.0155. The number of carbonyl (C=O) groups is 2. The van der Waals surface area contributed by atoms with Gasteiger partial charge in [0.1, 0.15) is 5.69 Å². The number of carboxylic acid groups (broad SMARTS) is 1. The molecule has 6 heteroatoms. The van der Waals surface area contributed by atoms with E-state index < -0.39 is 11.8 Å². The van der Waals surface area contributed by atoms with Gasteiger partial charge in [0.15, 0.2) is 5.76 Å². The second-order valence-corrected chi connectivity index (χ2v) is 3.39. The highest BCUT2D eigenvalue weighted by atomic mass is 32.1. The average molecular weight is 223 g/mol. The molecule has 5 nitrogen and oxygen atoms in total. The summed E-state index contributed by atoms with van der Waals surface area (Å²) in [6.45, 7) is 0. The Labute approximate surface area is 88.0 Å². The molecule has 0 atom stereocenters. The highest BCUT2D eigenvalue weighted by molar-refractivity contribution is 7.07. The molecule has 0 aliphatic carbocycles. The summed E-state index contributed by atoms with van der Waals surface area (Å²) in [6, 6.07) is 2.56. The lowest BCUT2D eigenvalue weighted by atomic mass is 10.2. The zero-order valence-corrected chi connectivity index (χ0v) is 8.15. The van der Waals surface area contributed by atoms with E-state index in [1.54, 1.807) is 5.38 Å². The lowest BCUT2D eigenvalue weighted by Crippen LogP contribution is -2.00. The Kier molecular flexibility index (Phi) is 2.34. The Hall–Kier alpha value is -1.95. The lowest BCUT2D eigenvalue weighted by molar-refractivity contribution is 0.0660. The molecule has 0 amide bonds. The third-order valence-corrected chi connectivity index (χ3v) is 2.29. The van der Waals surface area contributed by atoms with E-state index in [1.165, 1.54) is 29.0 Å². The summed E-state index contributed by atoms with van der Waals surface area (Å²) in [5.74, 6) is -1.89. The van der Waals surface area contributed by atoms with Crippen molar-refractivity contribution in [1.82, 2.24) is 4.98 Å². The first kappa shape index (κ1) is 9.60. The standard InChI is InChI=1S/C9H5NO4S/c11-8(5-3-15-4-10-5)6-1-2-7(14-6)9(12)13/h1-4H,(H,12,13). The SMILES string of the molecule is O=C(O)c1ccc(C(=O)c2cscn2)o1. The molecule has 0 bridgehead atoms. The molecule has 0 radical (unpaired) electrons. The number of thiazole rings is 1. The first-order chi connectivity index (χ1) is 7.18. The molecule has 0 aliphatic heterocycles. The summed E-state index contributed by atoms with van der Waals surface area (Å²) in [5.41, 5.74) is 1.78. The van der Waals surface area contributed by atoms with Gasteiger partial charge in [-0.1, -0.05) is 0 Å². The molecule has 0 saturated carbocycles. The summed E-state index contributed by atoms with van der Waals surface area (Å²) in [7, 11) is 0. The second kappa shape index (κ2) is 3.66. The average Bonchev–Trinajstić information content (AvgIpc) is 2.88. The maximum absolute atomic E-state index is 11.6. The van der Waals surface area contributed by atoms with Crippen molar-refractivity contribution in [2.45, 2.75) is 0 Å². The van der Waals surface area contributed by atoms with Crippen molar-refractivity contribution >= 4 is 23.1 Å². The van der Waals surface area contributed by atoms with Crippen molar-refractivity contribution in [2.24, 2.45) is 0 Å². The summed E-state index contributed by atoms with van der Waals surface area (Å²) in [6.07, 6.45) is 0. The van der Waals surface area contributed by atoms with Crippen LogP contribution in [-0.4, -0.2) is 21.8 Å². The molecule has 0 unspecified atom stereocenters. The van der Waals surface area contributed by atoms with E-state index in [-0.39, 0.29) is 17.2 Å². The van der Waals surface area contributed by atoms with Crippen LogP contribution in [0.4, 0.5) is 0 Å². The van der Waals surface area contributed by atoms with Crippen LogP contribution in [-0.2, 0) is 0 Å². The molecular weight excluding hydrogens is 218 g/mol. The number of carbonyl (C=O) groups excluding carboxylic acids is 1. The van der Waals surface area contributed by atoms with Crippen molar-refractivity contribution in [3.63, 3.8) is 0 Å². The van der Waals surface area contributed by atoms with Gasteiger partial charge < -0.3 is 9.52 Å². The summed E-state index contributed by atoms with van der Waals surface area (Å²) in [4.78, 5) is 25.9. The maximum atomic E-state index is 11.6. The number of carboxylic acids is 1. The Morgan fingerprint density at radius 3 is 2.60 bits per heavy atom. The van der Waals surface area contributed by atoms with Crippen molar-refractivity contribution in [3.05, 3.63) is 40.2 Å². The van der Waals surface area contributed by atoms with Gasteiger partial charge in [0, 0.05) is 5.38 Å². The number of nitrogens with zero attached hydrogens (tertiary/aromatic N) is 1. The molecule has 0 fully saturated rings. The topological polar surface area (TPSA) is 80.4 Å². The molecule has 76 valence electrons. The van der Waals surface area contributed by atoms with Crippen molar-refractivity contribution in [2.75, 3.05) is 0 Å². The molecule has 0 aromatic carbocycles. The number of aromatic nitrogens is 1. The summed E-state index contributed by atoms with van der Waals surface area (Å²) in [5, 5.41) is 10.2. The fourth-order valence-electron chi connectivity index (χ4n) is 1.03. The van der Waals surface area contributed by atoms with Crippen LogP contribution in [0.15, 0.2) is 27.4 Å². The largest absolute Gasteiger partial charge is 0.475 e. The van der Waals surface area contributed by atoms with Crippen LogP contribution < -0.4 is 0 Å². The van der Waals surface area contributed by atoms with E-state index in [9.17, 15) is 9.59 Å².